The molecule has 0 saturated carbocycles. The highest BCUT2D eigenvalue weighted by Gasteiger charge is 2.33. The highest BCUT2D eigenvalue weighted by molar-refractivity contribution is 7.80. The second-order valence-corrected chi connectivity index (χ2v) is 8.34. The Balaban J connectivity index is 2.87. The molecule has 0 aliphatic heterocycles. The van der Waals surface area contributed by atoms with Crippen molar-refractivity contribution in [1.29, 1.82) is 0 Å². The number of amides is 3. The Morgan fingerprint density at radius 2 is 1.55 bits per heavy atom. The number of aliphatic hydroxyl groups is 1. The van der Waals surface area contributed by atoms with Crippen molar-refractivity contribution in [2.24, 2.45) is 11.7 Å². The van der Waals surface area contributed by atoms with Gasteiger partial charge in [0.05, 0.1) is 12.1 Å². The lowest BCUT2D eigenvalue weighted by Crippen LogP contribution is -2.60. The van der Waals surface area contributed by atoms with Crippen LogP contribution in [0.1, 0.15) is 32.8 Å². The number of carbonyl (C=O) groups is 4. The Labute approximate surface area is 199 Å². The summed E-state index contributed by atoms with van der Waals surface area (Å²) in [5, 5.41) is 26.0. The standard InChI is InChI=1S/C22H34N4O6S/c1-4-12(2)17(25-19(28)15(23)10-14-8-6-5-7-9-14)21(30)24-16(11-33)20(29)26-18(13(3)27)22(31)32/h5-9,12-13,15-18,27,33H,4,10-11,23H2,1-3H3,(H,24,30)(H,25,28)(H,26,29)(H,31,32). The van der Waals surface area contributed by atoms with Gasteiger partial charge in [-0.25, -0.2) is 4.79 Å². The number of aliphatic hydroxyl groups excluding tert-OH is 1. The first-order valence-corrected chi connectivity index (χ1v) is 11.4. The van der Waals surface area contributed by atoms with Crippen molar-refractivity contribution >= 4 is 36.3 Å². The molecule has 7 N–H and O–H groups in total. The van der Waals surface area contributed by atoms with Crippen LogP contribution in [0.5, 0.6) is 0 Å². The monoisotopic (exact) mass is 482 g/mol. The molecule has 0 heterocycles. The zero-order valence-electron chi connectivity index (χ0n) is 19.0. The van der Waals surface area contributed by atoms with E-state index in [9.17, 15) is 24.3 Å². The minimum atomic E-state index is -1.54. The van der Waals surface area contributed by atoms with Gasteiger partial charge in [0.1, 0.15) is 12.1 Å². The highest BCUT2D eigenvalue weighted by Crippen LogP contribution is 2.10. The third kappa shape index (κ3) is 9.03. The van der Waals surface area contributed by atoms with Crippen molar-refractivity contribution in [3.63, 3.8) is 0 Å². The van der Waals surface area contributed by atoms with E-state index in [1.807, 2.05) is 37.3 Å². The SMILES string of the molecule is CCC(C)C(NC(=O)C(N)Cc1ccccc1)C(=O)NC(CS)C(=O)NC(C(=O)O)C(C)O. The molecular weight excluding hydrogens is 448 g/mol. The van der Waals surface area contributed by atoms with Crippen molar-refractivity contribution in [2.75, 3.05) is 5.75 Å². The summed E-state index contributed by atoms with van der Waals surface area (Å²) in [6.07, 6.45) is -0.493. The van der Waals surface area contributed by atoms with Gasteiger partial charge in [-0.15, -0.1) is 0 Å². The molecule has 0 aliphatic rings. The molecule has 0 aromatic heterocycles. The van der Waals surface area contributed by atoms with E-state index in [1.165, 1.54) is 6.92 Å². The summed E-state index contributed by atoms with van der Waals surface area (Å²) in [6, 6.07) is 4.66. The summed E-state index contributed by atoms with van der Waals surface area (Å²) in [7, 11) is 0. The molecule has 6 atom stereocenters. The number of hydrogen-bond acceptors (Lipinski definition) is 7. The van der Waals surface area contributed by atoms with Crippen molar-refractivity contribution in [1.82, 2.24) is 16.0 Å². The molecule has 0 aliphatic carbocycles. The molecule has 10 nitrogen and oxygen atoms in total. The van der Waals surface area contributed by atoms with Gasteiger partial charge in [-0.2, -0.15) is 12.6 Å². The van der Waals surface area contributed by atoms with Gasteiger partial charge in [-0.1, -0.05) is 50.6 Å². The van der Waals surface area contributed by atoms with E-state index in [2.05, 4.69) is 28.6 Å². The van der Waals surface area contributed by atoms with Gasteiger partial charge in [0.25, 0.3) is 0 Å². The number of benzene rings is 1. The zero-order chi connectivity index (χ0) is 25.1. The smallest absolute Gasteiger partial charge is 0.328 e. The second kappa shape index (κ2) is 13.8. The quantitative estimate of drug-likeness (QED) is 0.185. The van der Waals surface area contributed by atoms with E-state index in [0.717, 1.165) is 5.56 Å². The second-order valence-electron chi connectivity index (χ2n) is 7.98. The van der Waals surface area contributed by atoms with Crippen LogP contribution in [0.15, 0.2) is 30.3 Å². The molecule has 0 saturated heterocycles. The summed E-state index contributed by atoms with van der Waals surface area (Å²) < 4.78 is 0. The molecule has 0 spiro atoms. The molecule has 11 heteroatoms. The number of nitrogens with two attached hydrogens (primary N) is 1. The van der Waals surface area contributed by atoms with Crippen molar-refractivity contribution in [2.45, 2.75) is 63.9 Å². The minimum Gasteiger partial charge on any atom is -0.480 e. The molecular formula is C22H34N4O6S. The maximum atomic E-state index is 12.9. The van der Waals surface area contributed by atoms with Crippen LogP contribution in [0.25, 0.3) is 0 Å². The Morgan fingerprint density at radius 1 is 0.970 bits per heavy atom. The van der Waals surface area contributed by atoms with Crippen LogP contribution in [0.2, 0.25) is 0 Å². The summed E-state index contributed by atoms with van der Waals surface area (Å²) in [5.74, 6) is -3.76. The van der Waals surface area contributed by atoms with Crippen molar-refractivity contribution < 1.29 is 29.4 Å². The molecule has 184 valence electrons. The lowest BCUT2D eigenvalue weighted by molar-refractivity contribution is -0.145. The Bertz CT molecular complexity index is 807. The van der Waals surface area contributed by atoms with E-state index in [4.69, 9.17) is 10.8 Å². The zero-order valence-corrected chi connectivity index (χ0v) is 19.9. The topological polar surface area (TPSA) is 171 Å². The number of thiol groups is 1. The summed E-state index contributed by atoms with van der Waals surface area (Å²) >= 11 is 4.06. The number of nitrogens with one attached hydrogen (secondary N) is 3. The Morgan fingerprint density at radius 3 is 2.03 bits per heavy atom. The summed E-state index contributed by atoms with van der Waals surface area (Å²) in [6.45, 7) is 4.85. The largest absolute Gasteiger partial charge is 0.480 e. The molecule has 33 heavy (non-hydrogen) atoms. The minimum absolute atomic E-state index is 0.127. The number of carboxylic acid groups (broad SMARTS) is 1. The fourth-order valence-electron chi connectivity index (χ4n) is 3.02. The normalized spacial score (nSPS) is 16.4. The first kappa shape index (κ1) is 28.4. The van der Waals surface area contributed by atoms with Gasteiger partial charge >= 0.3 is 5.97 Å². The van der Waals surface area contributed by atoms with Crippen LogP contribution >= 0.6 is 12.6 Å². The van der Waals surface area contributed by atoms with Crippen LogP contribution in [-0.4, -0.2) is 69.9 Å². The number of carbonyl (C=O) groups excluding carboxylic acids is 3. The van der Waals surface area contributed by atoms with Crippen LogP contribution in [0, 0.1) is 5.92 Å². The maximum Gasteiger partial charge on any atom is 0.328 e. The third-order valence-corrected chi connectivity index (χ3v) is 5.66. The van der Waals surface area contributed by atoms with Crippen molar-refractivity contribution in [3.8, 4) is 0 Å². The van der Waals surface area contributed by atoms with Gasteiger partial charge in [0.2, 0.25) is 17.7 Å². The number of hydrogen-bond donors (Lipinski definition) is 7. The third-order valence-electron chi connectivity index (χ3n) is 5.29. The first-order valence-electron chi connectivity index (χ1n) is 10.7. The molecule has 1 aromatic carbocycles. The predicted molar refractivity (Wildman–Crippen MR) is 127 cm³/mol. The average Bonchev–Trinajstić information content (AvgIpc) is 2.78. The fraction of sp³-hybridized carbons (Fsp3) is 0.545. The van der Waals surface area contributed by atoms with Gasteiger partial charge in [-0.3, -0.25) is 14.4 Å². The molecule has 1 aromatic rings. The summed E-state index contributed by atoms with van der Waals surface area (Å²) in [4.78, 5) is 49.3. The van der Waals surface area contributed by atoms with Crippen LogP contribution < -0.4 is 21.7 Å². The van der Waals surface area contributed by atoms with E-state index in [-0.39, 0.29) is 11.7 Å². The number of rotatable bonds is 13. The molecule has 0 radical (unpaired) electrons. The van der Waals surface area contributed by atoms with Gasteiger partial charge in [-0.05, 0) is 24.8 Å². The lowest BCUT2D eigenvalue weighted by Gasteiger charge is -2.27. The van der Waals surface area contributed by atoms with Crippen LogP contribution in [0.4, 0.5) is 0 Å². The van der Waals surface area contributed by atoms with Gasteiger partial charge < -0.3 is 31.9 Å². The first-order chi connectivity index (χ1) is 15.5. The van der Waals surface area contributed by atoms with E-state index >= 15 is 0 Å². The van der Waals surface area contributed by atoms with E-state index < -0.39 is 54.0 Å². The molecule has 6 unspecified atom stereocenters. The number of carboxylic acids is 1. The molecule has 3 amide bonds. The predicted octanol–water partition coefficient (Wildman–Crippen LogP) is -0.548. The van der Waals surface area contributed by atoms with Gasteiger partial charge in [0, 0.05) is 5.75 Å². The maximum absolute atomic E-state index is 12.9. The van der Waals surface area contributed by atoms with Crippen molar-refractivity contribution in [3.05, 3.63) is 35.9 Å². The Hall–Kier alpha value is -2.63. The summed E-state index contributed by atoms with van der Waals surface area (Å²) in [5.41, 5.74) is 6.90. The molecule has 0 fully saturated rings. The average molecular weight is 483 g/mol. The van der Waals surface area contributed by atoms with Crippen LogP contribution in [-0.2, 0) is 25.6 Å². The highest BCUT2D eigenvalue weighted by atomic mass is 32.1. The molecule has 0 bridgehead atoms. The van der Waals surface area contributed by atoms with Gasteiger partial charge in [0.15, 0.2) is 6.04 Å². The van der Waals surface area contributed by atoms with Crippen LogP contribution in [0.3, 0.4) is 0 Å². The number of aliphatic carboxylic acids is 1. The van der Waals surface area contributed by atoms with E-state index in [1.54, 1.807) is 6.92 Å². The molecule has 1 rings (SSSR count). The lowest BCUT2D eigenvalue weighted by atomic mass is 9.97. The van der Waals surface area contributed by atoms with E-state index in [0.29, 0.717) is 12.8 Å². The Kier molecular flexibility index (Phi) is 11.9. The fourth-order valence-corrected chi connectivity index (χ4v) is 3.28.